The minimum atomic E-state index is -3.59. The summed E-state index contributed by atoms with van der Waals surface area (Å²) in [7, 11) is -1.96. The first-order chi connectivity index (χ1) is 12.8. The minimum absolute atomic E-state index is 0.329. The number of nitrogens with one attached hydrogen (secondary N) is 1. The average molecular weight is 391 g/mol. The molecule has 0 spiro atoms. The molecule has 0 saturated heterocycles. The number of aryl methyl sites for hydroxylation is 1. The second kappa shape index (κ2) is 9.41. The van der Waals surface area contributed by atoms with E-state index in [0.717, 1.165) is 34.7 Å². The summed E-state index contributed by atoms with van der Waals surface area (Å²) in [5.41, 5.74) is 1.54. The van der Waals surface area contributed by atoms with Gasteiger partial charge in [0.15, 0.2) is 0 Å². The fraction of sp³-hybridized carbons (Fsp3) is 0.350. The summed E-state index contributed by atoms with van der Waals surface area (Å²) < 4.78 is 30.9. The number of benzene rings is 2. The van der Waals surface area contributed by atoms with Gasteiger partial charge in [-0.2, -0.15) is 0 Å². The molecular formula is C20H26N2O4S. The molecule has 0 aliphatic heterocycles. The number of carbonyl (C=O) groups is 1. The summed E-state index contributed by atoms with van der Waals surface area (Å²) in [5, 5.41) is 2.83. The lowest BCUT2D eigenvalue weighted by atomic mass is 10.1. The van der Waals surface area contributed by atoms with E-state index >= 15 is 0 Å². The lowest BCUT2D eigenvalue weighted by Gasteiger charge is -2.28. The van der Waals surface area contributed by atoms with Crippen LogP contribution in [0.2, 0.25) is 0 Å². The van der Waals surface area contributed by atoms with Crippen LogP contribution in [0.4, 0.5) is 5.69 Å². The SMILES string of the molecule is COc1ccccc1CCCNC(=O)C(C)N(c1ccccc1)S(C)(=O)=O. The smallest absolute Gasteiger partial charge is 0.243 e. The third-order valence-electron chi connectivity index (χ3n) is 4.21. The molecule has 1 N–H and O–H groups in total. The molecule has 146 valence electrons. The van der Waals surface area contributed by atoms with Crippen LogP contribution in [0, 0.1) is 0 Å². The van der Waals surface area contributed by atoms with Gasteiger partial charge in [0.1, 0.15) is 11.8 Å². The maximum absolute atomic E-state index is 12.5. The van der Waals surface area contributed by atoms with Crippen LogP contribution in [0.25, 0.3) is 0 Å². The lowest BCUT2D eigenvalue weighted by molar-refractivity contribution is -0.121. The van der Waals surface area contributed by atoms with Crippen molar-refractivity contribution in [3.05, 3.63) is 60.2 Å². The van der Waals surface area contributed by atoms with E-state index in [1.54, 1.807) is 44.4 Å². The van der Waals surface area contributed by atoms with E-state index in [2.05, 4.69) is 5.32 Å². The molecule has 2 aromatic carbocycles. The Bertz CT molecular complexity index is 853. The standard InChI is InChI=1S/C20H26N2O4S/c1-16(22(27(3,24)25)18-12-5-4-6-13-18)20(23)21-15-9-11-17-10-7-8-14-19(17)26-2/h4-8,10,12-14,16H,9,11,15H2,1-3H3,(H,21,23). The highest BCUT2D eigenvalue weighted by Gasteiger charge is 2.28. The van der Waals surface area contributed by atoms with Gasteiger partial charge in [0.25, 0.3) is 0 Å². The van der Waals surface area contributed by atoms with Crippen LogP contribution in [-0.2, 0) is 21.2 Å². The first-order valence-electron chi connectivity index (χ1n) is 8.78. The van der Waals surface area contributed by atoms with E-state index < -0.39 is 16.1 Å². The zero-order chi connectivity index (χ0) is 19.9. The monoisotopic (exact) mass is 390 g/mol. The maximum Gasteiger partial charge on any atom is 0.243 e. The molecule has 0 aliphatic rings. The molecule has 2 rings (SSSR count). The fourth-order valence-corrected chi connectivity index (χ4v) is 4.11. The van der Waals surface area contributed by atoms with Crippen LogP contribution in [-0.4, -0.2) is 40.3 Å². The lowest BCUT2D eigenvalue weighted by Crippen LogP contribution is -2.48. The number of para-hydroxylation sites is 2. The molecule has 2 aromatic rings. The largest absolute Gasteiger partial charge is 0.496 e. The Kier molecular flexibility index (Phi) is 7.24. The number of methoxy groups -OCH3 is 1. The summed E-state index contributed by atoms with van der Waals surface area (Å²) in [6.45, 7) is 2.04. The first-order valence-corrected chi connectivity index (χ1v) is 10.6. The van der Waals surface area contributed by atoms with Crippen molar-refractivity contribution in [3.8, 4) is 5.75 Å². The molecule has 1 amide bonds. The van der Waals surface area contributed by atoms with Gasteiger partial charge in [0.05, 0.1) is 19.1 Å². The highest BCUT2D eigenvalue weighted by atomic mass is 32.2. The quantitative estimate of drug-likeness (QED) is 0.668. The van der Waals surface area contributed by atoms with E-state index in [4.69, 9.17) is 4.74 Å². The van der Waals surface area contributed by atoms with Crippen molar-refractivity contribution in [1.29, 1.82) is 0 Å². The Hall–Kier alpha value is -2.54. The Balaban J connectivity index is 1.96. The number of nitrogens with zero attached hydrogens (tertiary/aromatic N) is 1. The first kappa shape index (κ1) is 20.8. The molecule has 7 heteroatoms. The number of anilines is 1. The summed E-state index contributed by atoms with van der Waals surface area (Å²) in [5.74, 6) is 0.494. The van der Waals surface area contributed by atoms with Crippen LogP contribution in [0.1, 0.15) is 18.9 Å². The van der Waals surface area contributed by atoms with Gasteiger partial charge in [0, 0.05) is 6.54 Å². The molecule has 27 heavy (non-hydrogen) atoms. The van der Waals surface area contributed by atoms with Crippen molar-refractivity contribution in [2.45, 2.75) is 25.8 Å². The number of carbonyl (C=O) groups excluding carboxylic acids is 1. The Labute approximate surface area is 161 Å². The predicted octanol–water partition coefficient (Wildman–Crippen LogP) is 2.60. The van der Waals surface area contributed by atoms with E-state index in [-0.39, 0.29) is 5.91 Å². The summed E-state index contributed by atoms with van der Waals surface area (Å²) >= 11 is 0. The number of ether oxygens (including phenoxy) is 1. The van der Waals surface area contributed by atoms with Gasteiger partial charge >= 0.3 is 0 Å². The molecule has 0 heterocycles. The van der Waals surface area contributed by atoms with Crippen molar-refractivity contribution < 1.29 is 17.9 Å². The number of amides is 1. The van der Waals surface area contributed by atoms with Gasteiger partial charge in [-0.15, -0.1) is 0 Å². The number of rotatable bonds is 9. The van der Waals surface area contributed by atoms with Gasteiger partial charge < -0.3 is 10.1 Å². The maximum atomic E-state index is 12.5. The van der Waals surface area contributed by atoms with Crippen LogP contribution < -0.4 is 14.4 Å². The fourth-order valence-electron chi connectivity index (χ4n) is 2.93. The molecule has 1 atom stereocenters. The third kappa shape index (κ3) is 5.72. The van der Waals surface area contributed by atoms with Gasteiger partial charge in [-0.05, 0) is 43.5 Å². The van der Waals surface area contributed by atoms with Crippen molar-refractivity contribution in [2.75, 3.05) is 24.2 Å². The van der Waals surface area contributed by atoms with Crippen molar-refractivity contribution in [1.82, 2.24) is 5.32 Å². The molecule has 0 aromatic heterocycles. The normalized spacial score (nSPS) is 12.3. The van der Waals surface area contributed by atoms with Crippen LogP contribution in [0.5, 0.6) is 5.75 Å². The zero-order valence-electron chi connectivity index (χ0n) is 15.9. The predicted molar refractivity (Wildman–Crippen MR) is 108 cm³/mol. The molecule has 0 radical (unpaired) electrons. The molecule has 0 fully saturated rings. The van der Waals surface area contributed by atoms with Crippen LogP contribution >= 0.6 is 0 Å². The molecule has 6 nitrogen and oxygen atoms in total. The van der Waals surface area contributed by atoms with Crippen molar-refractivity contribution in [2.24, 2.45) is 0 Å². The van der Waals surface area contributed by atoms with E-state index in [1.807, 2.05) is 24.3 Å². The second-order valence-electron chi connectivity index (χ2n) is 6.28. The van der Waals surface area contributed by atoms with E-state index in [1.165, 1.54) is 0 Å². The summed E-state index contributed by atoms with van der Waals surface area (Å²) in [6, 6.07) is 15.5. The van der Waals surface area contributed by atoms with Crippen molar-refractivity contribution in [3.63, 3.8) is 0 Å². The second-order valence-corrected chi connectivity index (χ2v) is 8.14. The molecule has 0 aliphatic carbocycles. The molecule has 0 saturated carbocycles. The topological polar surface area (TPSA) is 75.7 Å². The summed E-state index contributed by atoms with van der Waals surface area (Å²) in [4.78, 5) is 12.5. The average Bonchev–Trinajstić information content (AvgIpc) is 2.65. The van der Waals surface area contributed by atoms with E-state index in [0.29, 0.717) is 12.2 Å². The highest BCUT2D eigenvalue weighted by molar-refractivity contribution is 7.92. The minimum Gasteiger partial charge on any atom is -0.496 e. The van der Waals surface area contributed by atoms with Crippen molar-refractivity contribution >= 4 is 21.6 Å². The van der Waals surface area contributed by atoms with Gasteiger partial charge in [-0.1, -0.05) is 36.4 Å². The number of sulfonamides is 1. The number of hydrogen-bond acceptors (Lipinski definition) is 4. The van der Waals surface area contributed by atoms with Gasteiger partial charge in [-0.3, -0.25) is 9.10 Å². The summed E-state index contributed by atoms with van der Waals surface area (Å²) in [6.07, 6.45) is 2.58. The van der Waals surface area contributed by atoms with Gasteiger partial charge in [-0.25, -0.2) is 8.42 Å². The zero-order valence-corrected chi connectivity index (χ0v) is 16.7. The molecule has 0 bridgehead atoms. The third-order valence-corrected chi connectivity index (χ3v) is 5.46. The molecule has 1 unspecified atom stereocenters. The van der Waals surface area contributed by atoms with Gasteiger partial charge in [0.2, 0.25) is 15.9 Å². The molecular weight excluding hydrogens is 364 g/mol. The van der Waals surface area contributed by atoms with Crippen LogP contribution in [0.3, 0.4) is 0 Å². The Morgan fingerprint density at radius 2 is 1.74 bits per heavy atom. The van der Waals surface area contributed by atoms with Crippen LogP contribution in [0.15, 0.2) is 54.6 Å². The Morgan fingerprint density at radius 1 is 1.11 bits per heavy atom. The van der Waals surface area contributed by atoms with E-state index in [9.17, 15) is 13.2 Å². The number of hydrogen-bond donors (Lipinski definition) is 1. The highest BCUT2D eigenvalue weighted by Crippen LogP contribution is 2.20. The Morgan fingerprint density at radius 3 is 2.37 bits per heavy atom.